The predicted octanol–water partition coefficient (Wildman–Crippen LogP) is 6.47. The zero-order valence-corrected chi connectivity index (χ0v) is 12.7. The third kappa shape index (κ3) is 16.1. The fraction of sp³-hybridized carbons (Fsp3) is 0.938. The van der Waals surface area contributed by atoms with Crippen molar-refractivity contribution in [3.63, 3.8) is 0 Å². The summed E-state index contributed by atoms with van der Waals surface area (Å²) in [6.45, 7) is 2.28. The van der Waals surface area contributed by atoms with E-state index in [2.05, 4.69) is 6.92 Å². The minimum absolute atomic E-state index is 1.13. The molecule has 0 aliphatic heterocycles. The summed E-state index contributed by atoms with van der Waals surface area (Å²) in [5, 5.41) is 1.87. The topological polar surface area (TPSA) is 0 Å². The quantitative estimate of drug-likeness (QED) is 0.253. The maximum absolute atomic E-state index is 4.81. The molecule has 102 valence electrons. The Kier molecular flexibility index (Phi) is 16.2. The maximum atomic E-state index is 4.81. The van der Waals surface area contributed by atoms with Gasteiger partial charge < -0.3 is 0 Å². The number of thiocarbonyl (C=S) groups is 1. The Morgan fingerprint density at radius 1 is 0.588 bits per heavy atom. The van der Waals surface area contributed by atoms with Gasteiger partial charge in [-0.15, -0.1) is 0 Å². The molecule has 0 aromatic carbocycles. The highest BCUT2D eigenvalue weighted by molar-refractivity contribution is 7.78. The highest BCUT2D eigenvalue weighted by atomic mass is 32.1. The third-order valence-corrected chi connectivity index (χ3v) is 3.66. The van der Waals surface area contributed by atoms with Crippen LogP contribution >= 0.6 is 12.2 Å². The standard InChI is InChI=1S/C16H32S/c1-2-3-4-5-6-7-8-9-10-11-12-13-14-15-16-17/h16H,2-15H2,1H3. The first-order valence-electron chi connectivity index (χ1n) is 7.85. The van der Waals surface area contributed by atoms with Gasteiger partial charge in [0, 0.05) is 0 Å². The molecule has 1 heteroatoms. The fourth-order valence-electron chi connectivity index (χ4n) is 2.25. The van der Waals surface area contributed by atoms with E-state index in [1.165, 1.54) is 83.5 Å². The summed E-state index contributed by atoms with van der Waals surface area (Å²) in [7, 11) is 0. The summed E-state index contributed by atoms with van der Waals surface area (Å²) in [4.78, 5) is 0. The monoisotopic (exact) mass is 256 g/mol. The Morgan fingerprint density at radius 3 is 1.29 bits per heavy atom. The van der Waals surface area contributed by atoms with E-state index in [1.54, 1.807) is 0 Å². The van der Waals surface area contributed by atoms with Crippen LogP contribution in [0.2, 0.25) is 0 Å². The zero-order chi connectivity index (χ0) is 12.6. The minimum Gasteiger partial charge on any atom is -0.0935 e. The Labute approximate surface area is 115 Å². The van der Waals surface area contributed by atoms with Crippen LogP contribution in [0.25, 0.3) is 0 Å². The van der Waals surface area contributed by atoms with E-state index in [1.807, 2.05) is 5.37 Å². The van der Waals surface area contributed by atoms with Gasteiger partial charge >= 0.3 is 0 Å². The Bertz CT molecular complexity index is 142. The molecule has 0 spiro atoms. The molecule has 0 rings (SSSR count). The van der Waals surface area contributed by atoms with Crippen LogP contribution in [-0.4, -0.2) is 5.37 Å². The molecular formula is C16H32S. The summed E-state index contributed by atoms with van der Waals surface area (Å²) in [6, 6.07) is 0. The molecule has 0 N–H and O–H groups in total. The number of hydrogen-bond acceptors (Lipinski definition) is 1. The molecule has 17 heavy (non-hydrogen) atoms. The predicted molar refractivity (Wildman–Crippen MR) is 84.0 cm³/mol. The first-order valence-corrected chi connectivity index (χ1v) is 8.32. The van der Waals surface area contributed by atoms with E-state index in [9.17, 15) is 0 Å². The molecule has 0 aliphatic rings. The van der Waals surface area contributed by atoms with Gasteiger partial charge in [-0.1, -0.05) is 96.2 Å². The van der Waals surface area contributed by atoms with E-state index in [0.29, 0.717) is 0 Å². The average molecular weight is 256 g/mol. The molecule has 0 radical (unpaired) electrons. The van der Waals surface area contributed by atoms with Crippen LogP contribution in [-0.2, 0) is 0 Å². The lowest BCUT2D eigenvalue weighted by atomic mass is 10.0. The fourth-order valence-corrected chi connectivity index (χ4v) is 2.41. The van der Waals surface area contributed by atoms with E-state index < -0.39 is 0 Å². The maximum Gasteiger partial charge on any atom is -0.0210 e. The van der Waals surface area contributed by atoms with Crippen molar-refractivity contribution in [2.75, 3.05) is 0 Å². The lowest BCUT2D eigenvalue weighted by Gasteiger charge is -2.02. The van der Waals surface area contributed by atoms with Crippen molar-refractivity contribution in [2.45, 2.75) is 96.8 Å². The van der Waals surface area contributed by atoms with E-state index in [-0.39, 0.29) is 0 Å². The van der Waals surface area contributed by atoms with Crippen LogP contribution in [0.1, 0.15) is 96.8 Å². The van der Waals surface area contributed by atoms with Crippen molar-refractivity contribution in [1.82, 2.24) is 0 Å². The van der Waals surface area contributed by atoms with Gasteiger partial charge in [0.15, 0.2) is 0 Å². The largest absolute Gasteiger partial charge is 0.0935 e. The van der Waals surface area contributed by atoms with Crippen LogP contribution in [0.15, 0.2) is 0 Å². The lowest BCUT2D eigenvalue weighted by Crippen LogP contribution is -1.83. The average Bonchev–Trinajstić information content (AvgIpc) is 2.35. The van der Waals surface area contributed by atoms with Crippen molar-refractivity contribution >= 4 is 17.6 Å². The van der Waals surface area contributed by atoms with Crippen LogP contribution in [0.5, 0.6) is 0 Å². The normalized spacial score (nSPS) is 10.6. The molecule has 0 aromatic heterocycles. The van der Waals surface area contributed by atoms with Gasteiger partial charge in [-0.05, 0) is 18.2 Å². The van der Waals surface area contributed by atoms with Crippen molar-refractivity contribution < 1.29 is 0 Å². The summed E-state index contributed by atoms with van der Waals surface area (Å²) >= 11 is 4.81. The summed E-state index contributed by atoms with van der Waals surface area (Å²) in [5.41, 5.74) is 0. The highest BCUT2D eigenvalue weighted by Gasteiger charge is 1.93. The van der Waals surface area contributed by atoms with Crippen molar-refractivity contribution in [2.24, 2.45) is 0 Å². The first kappa shape index (κ1) is 17.1. The second kappa shape index (κ2) is 16.1. The molecule has 0 bridgehead atoms. The Morgan fingerprint density at radius 2 is 0.941 bits per heavy atom. The Balaban J connectivity index is 2.87. The second-order valence-corrected chi connectivity index (χ2v) is 5.53. The van der Waals surface area contributed by atoms with Gasteiger partial charge in [0.05, 0.1) is 0 Å². The van der Waals surface area contributed by atoms with Gasteiger partial charge in [-0.3, -0.25) is 0 Å². The number of rotatable bonds is 14. The highest BCUT2D eigenvalue weighted by Crippen LogP contribution is 2.12. The third-order valence-electron chi connectivity index (χ3n) is 3.43. The molecule has 0 unspecified atom stereocenters. The molecule has 0 amide bonds. The van der Waals surface area contributed by atoms with Gasteiger partial charge in [-0.25, -0.2) is 0 Å². The molecule has 0 nitrogen and oxygen atoms in total. The molecule has 0 saturated carbocycles. The summed E-state index contributed by atoms with van der Waals surface area (Å²) < 4.78 is 0. The lowest BCUT2D eigenvalue weighted by molar-refractivity contribution is 0.541. The van der Waals surface area contributed by atoms with Crippen LogP contribution in [0.3, 0.4) is 0 Å². The minimum atomic E-state index is 1.13. The number of hydrogen-bond donors (Lipinski definition) is 0. The smallest absolute Gasteiger partial charge is 0.0210 e. The van der Waals surface area contributed by atoms with E-state index in [4.69, 9.17) is 12.2 Å². The second-order valence-electron chi connectivity index (χ2n) is 5.20. The molecular weight excluding hydrogens is 224 g/mol. The van der Waals surface area contributed by atoms with E-state index >= 15 is 0 Å². The van der Waals surface area contributed by atoms with Gasteiger partial charge in [-0.2, -0.15) is 0 Å². The first-order chi connectivity index (χ1) is 8.41. The van der Waals surface area contributed by atoms with Crippen LogP contribution in [0.4, 0.5) is 0 Å². The molecule has 0 aliphatic carbocycles. The Hall–Kier alpha value is 0.0900. The SMILES string of the molecule is CCCCCCCCCCCCCCCC=S. The molecule has 0 heterocycles. The number of unbranched alkanes of at least 4 members (excludes halogenated alkanes) is 13. The summed E-state index contributed by atoms with van der Waals surface area (Å²) in [6.07, 6.45) is 19.7. The van der Waals surface area contributed by atoms with Crippen molar-refractivity contribution in [3.05, 3.63) is 0 Å². The molecule has 0 fully saturated rings. The van der Waals surface area contributed by atoms with Gasteiger partial charge in [0.2, 0.25) is 0 Å². The van der Waals surface area contributed by atoms with Crippen LogP contribution < -0.4 is 0 Å². The van der Waals surface area contributed by atoms with Crippen molar-refractivity contribution in [3.8, 4) is 0 Å². The molecule has 0 saturated heterocycles. The van der Waals surface area contributed by atoms with Gasteiger partial charge in [0.25, 0.3) is 0 Å². The molecule has 0 atom stereocenters. The molecule has 0 aromatic rings. The van der Waals surface area contributed by atoms with Crippen LogP contribution in [0, 0.1) is 0 Å². The van der Waals surface area contributed by atoms with Gasteiger partial charge in [0.1, 0.15) is 0 Å². The zero-order valence-electron chi connectivity index (χ0n) is 11.9. The van der Waals surface area contributed by atoms with E-state index in [0.717, 1.165) is 6.42 Å². The van der Waals surface area contributed by atoms with Crippen molar-refractivity contribution in [1.29, 1.82) is 0 Å². The summed E-state index contributed by atoms with van der Waals surface area (Å²) in [5.74, 6) is 0.